The van der Waals surface area contributed by atoms with Crippen LogP contribution in [-0.4, -0.2) is 33.8 Å². The average molecular weight is 459 g/mol. The number of rotatable bonds is 9. The van der Waals surface area contributed by atoms with Gasteiger partial charge in [-0.3, -0.25) is 14.5 Å². The molecule has 30 heavy (non-hydrogen) atoms. The highest BCUT2D eigenvalue weighted by Crippen LogP contribution is 2.36. The summed E-state index contributed by atoms with van der Waals surface area (Å²) in [6.45, 7) is 1.56. The molecule has 0 radical (unpaired) electrons. The van der Waals surface area contributed by atoms with Crippen molar-refractivity contribution in [1.29, 1.82) is 0 Å². The standard InChI is InChI=1S/C21H22N4O2S3/c1-14(26)25(16-9-10-16)20-23-24-21(30-20)29-13-11-18(27)22-19(17-8-5-12-28-17)15-6-3-2-4-7-15/h2-8,12,16,19H,9-11,13H2,1H3,(H,22,27). The first-order valence-electron chi connectivity index (χ1n) is 9.75. The Morgan fingerprint density at radius 2 is 2.00 bits per heavy atom. The third-order valence-corrected chi connectivity index (χ3v) is 7.67. The number of anilines is 1. The highest BCUT2D eigenvalue weighted by Gasteiger charge is 2.34. The van der Waals surface area contributed by atoms with Crippen LogP contribution in [0.1, 0.15) is 42.7 Å². The van der Waals surface area contributed by atoms with E-state index in [0.717, 1.165) is 27.6 Å². The van der Waals surface area contributed by atoms with E-state index >= 15 is 0 Å². The Labute approximate surface area is 187 Å². The molecule has 3 aromatic rings. The van der Waals surface area contributed by atoms with Crippen LogP contribution in [0.15, 0.2) is 52.2 Å². The Morgan fingerprint density at radius 3 is 2.67 bits per heavy atom. The largest absolute Gasteiger partial charge is 0.344 e. The predicted molar refractivity (Wildman–Crippen MR) is 122 cm³/mol. The van der Waals surface area contributed by atoms with E-state index in [4.69, 9.17) is 0 Å². The van der Waals surface area contributed by atoms with E-state index in [-0.39, 0.29) is 23.9 Å². The quantitative estimate of drug-likeness (QED) is 0.377. The molecule has 2 amide bonds. The van der Waals surface area contributed by atoms with Crippen molar-refractivity contribution in [2.75, 3.05) is 10.7 Å². The number of thioether (sulfide) groups is 1. The molecule has 1 unspecified atom stereocenters. The van der Waals surface area contributed by atoms with Crippen molar-refractivity contribution in [3.8, 4) is 0 Å². The first-order valence-corrected chi connectivity index (χ1v) is 12.4. The van der Waals surface area contributed by atoms with E-state index in [1.54, 1.807) is 23.2 Å². The first-order chi connectivity index (χ1) is 14.6. The number of carbonyl (C=O) groups is 2. The number of carbonyl (C=O) groups excluding carboxylic acids is 2. The fourth-order valence-electron chi connectivity index (χ4n) is 3.12. The van der Waals surface area contributed by atoms with Gasteiger partial charge in [0.25, 0.3) is 0 Å². The fourth-order valence-corrected chi connectivity index (χ4v) is 5.89. The Hall–Kier alpha value is -2.23. The molecular weight excluding hydrogens is 436 g/mol. The maximum absolute atomic E-state index is 12.6. The maximum atomic E-state index is 12.6. The topological polar surface area (TPSA) is 75.2 Å². The van der Waals surface area contributed by atoms with Crippen LogP contribution < -0.4 is 10.2 Å². The van der Waals surface area contributed by atoms with Crippen molar-refractivity contribution in [3.05, 3.63) is 58.3 Å². The minimum atomic E-state index is -0.139. The Bertz CT molecular complexity index is 987. The van der Waals surface area contributed by atoms with Gasteiger partial charge in [0.05, 0.1) is 6.04 Å². The van der Waals surface area contributed by atoms with Gasteiger partial charge in [-0.2, -0.15) is 0 Å². The summed E-state index contributed by atoms with van der Waals surface area (Å²) in [6, 6.07) is 14.2. The second kappa shape index (κ2) is 9.72. The zero-order valence-electron chi connectivity index (χ0n) is 16.5. The summed E-state index contributed by atoms with van der Waals surface area (Å²) in [5.74, 6) is 0.610. The zero-order chi connectivity index (χ0) is 20.9. The van der Waals surface area contributed by atoms with Crippen molar-refractivity contribution >= 4 is 51.4 Å². The Morgan fingerprint density at radius 1 is 1.20 bits per heavy atom. The van der Waals surface area contributed by atoms with E-state index in [0.29, 0.717) is 17.3 Å². The number of hydrogen-bond donors (Lipinski definition) is 1. The summed E-state index contributed by atoms with van der Waals surface area (Å²) in [7, 11) is 0. The minimum absolute atomic E-state index is 0.00200. The molecule has 2 heterocycles. The average Bonchev–Trinajstić information content (AvgIpc) is 3.22. The van der Waals surface area contributed by atoms with Crippen molar-refractivity contribution in [3.63, 3.8) is 0 Å². The summed E-state index contributed by atoms with van der Waals surface area (Å²) in [6.07, 6.45) is 2.43. The van der Waals surface area contributed by atoms with Crippen LogP contribution in [0.25, 0.3) is 0 Å². The number of thiophene rings is 1. The summed E-state index contributed by atoms with van der Waals surface area (Å²) in [5, 5.41) is 14.2. The third-order valence-electron chi connectivity index (χ3n) is 4.67. The lowest BCUT2D eigenvalue weighted by Gasteiger charge is -2.18. The number of amides is 2. The molecule has 1 fully saturated rings. The van der Waals surface area contributed by atoms with Crippen molar-refractivity contribution in [2.45, 2.75) is 42.6 Å². The Balaban J connectivity index is 1.32. The van der Waals surface area contributed by atoms with Gasteiger partial charge in [0.1, 0.15) is 0 Å². The molecule has 1 N–H and O–H groups in total. The number of hydrogen-bond acceptors (Lipinski definition) is 7. The SMILES string of the molecule is CC(=O)N(c1nnc(SCCC(=O)NC(c2ccccc2)c2cccs2)s1)C1CC1. The maximum Gasteiger partial charge on any atom is 0.225 e. The van der Waals surface area contributed by atoms with Crippen LogP contribution in [0.3, 0.4) is 0 Å². The lowest BCUT2D eigenvalue weighted by atomic mass is 10.1. The minimum Gasteiger partial charge on any atom is -0.344 e. The molecule has 0 saturated heterocycles. The van der Waals surface area contributed by atoms with Crippen molar-refractivity contribution in [1.82, 2.24) is 15.5 Å². The summed E-state index contributed by atoms with van der Waals surface area (Å²) in [4.78, 5) is 27.3. The van der Waals surface area contributed by atoms with Crippen molar-refractivity contribution in [2.24, 2.45) is 0 Å². The number of nitrogens with zero attached hydrogens (tertiary/aromatic N) is 3. The summed E-state index contributed by atoms with van der Waals surface area (Å²) >= 11 is 4.55. The summed E-state index contributed by atoms with van der Waals surface area (Å²) in [5.41, 5.74) is 1.07. The van der Waals surface area contributed by atoms with Gasteiger partial charge < -0.3 is 5.32 Å². The normalized spacial score (nSPS) is 14.3. The second-order valence-electron chi connectivity index (χ2n) is 7.00. The van der Waals surface area contributed by atoms with E-state index < -0.39 is 0 Å². The second-order valence-corrected chi connectivity index (χ2v) is 10.3. The lowest BCUT2D eigenvalue weighted by molar-refractivity contribution is -0.121. The summed E-state index contributed by atoms with van der Waals surface area (Å²) < 4.78 is 0.780. The van der Waals surface area contributed by atoms with Gasteiger partial charge in [0, 0.05) is 30.0 Å². The molecule has 6 nitrogen and oxygen atoms in total. The number of aromatic nitrogens is 2. The molecular formula is C21H22N4O2S3. The van der Waals surface area contributed by atoms with Gasteiger partial charge in [0.2, 0.25) is 16.9 Å². The number of benzene rings is 1. The molecule has 156 valence electrons. The smallest absolute Gasteiger partial charge is 0.225 e. The highest BCUT2D eigenvalue weighted by atomic mass is 32.2. The van der Waals surface area contributed by atoms with Gasteiger partial charge in [0.15, 0.2) is 4.34 Å². The third kappa shape index (κ3) is 5.27. The molecule has 1 atom stereocenters. The fraction of sp³-hybridized carbons (Fsp3) is 0.333. The molecule has 1 aliphatic carbocycles. The predicted octanol–water partition coefficient (Wildman–Crippen LogP) is 4.50. The van der Waals surface area contributed by atoms with Gasteiger partial charge in [-0.1, -0.05) is 59.5 Å². The zero-order valence-corrected chi connectivity index (χ0v) is 18.9. The first kappa shape index (κ1) is 21.0. The number of nitrogens with one attached hydrogen (secondary N) is 1. The molecule has 0 aliphatic heterocycles. The molecule has 0 spiro atoms. The van der Waals surface area contributed by atoms with E-state index in [9.17, 15) is 9.59 Å². The van der Waals surface area contributed by atoms with Gasteiger partial charge in [-0.15, -0.1) is 21.5 Å². The van der Waals surface area contributed by atoms with E-state index in [2.05, 4.69) is 15.5 Å². The highest BCUT2D eigenvalue weighted by molar-refractivity contribution is 8.01. The molecule has 1 saturated carbocycles. The molecule has 1 aliphatic rings. The van der Waals surface area contributed by atoms with Crippen LogP contribution in [-0.2, 0) is 9.59 Å². The van der Waals surface area contributed by atoms with Gasteiger partial charge in [-0.25, -0.2) is 0 Å². The molecule has 0 bridgehead atoms. The van der Waals surface area contributed by atoms with Crippen LogP contribution in [0.5, 0.6) is 0 Å². The van der Waals surface area contributed by atoms with Crippen LogP contribution in [0.4, 0.5) is 5.13 Å². The van der Waals surface area contributed by atoms with Crippen LogP contribution >= 0.6 is 34.4 Å². The van der Waals surface area contributed by atoms with E-state index in [1.165, 1.54) is 23.1 Å². The molecule has 1 aromatic carbocycles. The van der Waals surface area contributed by atoms with E-state index in [1.807, 2.05) is 47.8 Å². The van der Waals surface area contributed by atoms with Crippen molar-refractivity contribution < 1.29 is 9.59 Å². The molecule has 4 rings (SSSR count). The van der Waals surface area contributed by atoms with Gasteiger partial charge in [-0.05, 0) is 29.9 Å². The molecule has 2 aromatic heterocycles. The monoisotopic (exact) mass is 458 g/mol. The lowest BCUT2D eigenvalue weighted by Crippen LogP contribution is -2.30. The van der Waals surface area contributed by atoms with Crippen LogP contribution in [0.2, 0.25) is 0 Å². The Kier molecular flexibility index (Phi) is 6.81. The van der Waals surface area contributed by atoms with Crippen LogP contribution in [0, 0.1) is 0 Å². The molecule has 9 heteroatoms. The van der Waals surface area contributed by atoms with Gasteiger partial charge >= 0.3 is 0 Å².